The van der Waals surface area contributed by atoms with E-state index in [1.807, 2.05) is 0 Å². The molecule has 80 valence electrons. The molecule has 1 aliphatic carbocycles. The van der Waals surface area contributed by atoms with E-state index >= 15 is 0 Å². The van der Waals surface area contributed by atoms with Gasteiger partial charge in [-0.3, -0.25) is 4.79 Å². The first-order valence-electron chi connectivity index (χ1n) is 4.52. The number of carbonyl (C=O) groups is 1. The molecule has 2 atom stereocenters. The molecule has 0 amide bonds. The molecule has 15 heavy (non-hydrogen) atoms. The number of benzene rings is 1. The maximum atomic E-state index is 10.6. The summed E-state index contributed by atoms with van der Waals surface area (Å²) >= 11 is 11.6. The number of carboxylic acid groups (broad SMARTS) is 1. The molecule has 0 radical (unpaired) electrons. The Hall–Kier alpha value is -0.930. The molecule has 1 aromatic carbocycles. The van der Waals surface area contributed by atoms with Gasteiger partial charge in [0.2, 0.25) is 0 Å². The van der Waals surface area contributed by atoms with Gasteiger partial charge in [-0.1, -0.05) is 23.2 Å². The summed E-state index contributed by atoms with van der Waals surface area (Å²) in [6.45, 7) is 0. The van der Waals surface area contributed by atoms with Crippen LogP contribution in [0.25, 0.3) is 0 Å². The molecule has 2 unspecified atom stereocenters. The Balaban J connectivity index is 2.01. The van der Waals surface area contributed by atoms with Gasteiger partial charge < -0.3 is 10.4 Å². The molecule has 0 bridgehead atoms. The normalized spacial score (nSPS) is 23.6. The molecule has 0 spiro atoms. The Kier molecular flexibility index (Phi) is 2.76. The molecule has 2 N–H and O–H groups in total. The highest BCUT2D eigenvalue weighted by Gasteiger charge is 2.43. The second-order valence-electron chi connectivity index (χ2n) is 3.56. The van der Waals surface area contributed by atoms with Crippen LogP contribution in [0.1, 0.15) is 6.42 Å². The van der Waals surface area contributed by atoms with Crippen molar-refractivity contribution in [3.8, 4) is 0 Å². The fourth-order valence-corrected chi connectivity index (χ4v) is 1.73. The van der Waals surface area contributed by atoms with Gasteiger partial charge in [0.05, 0.1) is 16.0 Å². The quantitative estimate of drug-likeness (QED) is 0.862. The smallest absolute Gasteiger partial charge is 0.308 e. The summed E-state index contributed by atoms with van der Waals surface area (Å²) in [5, 5.41) is 12.8. The highest BCUT2D eigenvalue weighted by atomic mass is 35.5. The summed E-state index contributed by atoms with van der Waals surface area (Å²) < 4.78 is 0. The summed E-state index contributed by atoms with van der Waals surface area (Å²) in [6.07, 6.45) is 0.662. The van der Waals surface area contributed by atoms with Gasteiger partial charge in [-0.15, -0.1) is 0 Å². The molecule has 0 heterocycles. The van der Waals surface area contributed by atoms with E-state index < -0.39 is 5.97 Å². The minimum absolute atomic E-state index is 0.0137. The minimum atomic E-state index is -0.757. The van der Waals surface area contributed by atoms with Crippen molar-refractivity contribution < 1.29 is 9.90 Å². The van der Waals surface area contributed by atoms with Crippen LogP contribution < -0.4 is 5.32 Å². The number of hydrogen-bond acceptors (Lipinski definition) is 2. The largest absolute Gasteiger partial charge is 0.481 e. The van der Waals surface area contributed by atoms with Crippen LogP contribution in [0.15, 0.2) is 18.2 Å². The molecule has 0 aliphatic heterocycles. The van der Waals surface area contributed by atoms with Gasteiger partial charge in [-0.05, 0) is 24.6 Å². The van der Waals surface area contributed by atoms with Crippen molar-refractivity contribution in [3.63, 3.8) is 0 Å². The average Bonchev–Trinajstić information content (AvgIpc) is 2.91. The minimum Gasteiger partial charge on any atom is -0.481 e. The Morgan fingerprint density at radius 3 is 2.67 bits per heavy atom. The summed E-state index contributed by atoms with van der Waals surface area (Å²) in [5.74, 6) is -1.04. The van der Waals surface area contributed by atoms with E-state index in [9.17, 15) is 4.79 Å². The van der Waals surface area contributed by atoms with Crippen LogP contribution in [0.5, 0.6) is 0 Å². The van der Waals surface area contributed by atoms with Crippen LogP contribution in [0.4, 0.5) is 5.69 Å². The van der Waals surface area contributed by atoms with Crippen LogP contribution in [-0.4, -0.2) is 17.1 Å². The molecule has 0 saturated heterocycles. The van der Waals surface area contributed by atoms with Crippen LogP contribution in [0.2, 0.25) is 10.0 Å². The van der Waals surface area contributed by atoms with Crippen LogP contribution in [-0.2, 0) is 4.79 Å². The van der Waals surface area contributed by atoms with Crippen molar-refractivity contribution in [1.29, 1.82) is 0 Å². The van der Waals surface area contributed by atoms with Crippen molar-refractivity contribution in [2.24, 2.45) is 5.92 Å². The highest BCUT2D eigenvalue weighted by Crippen LogP contribution is 2.35. The summed E-state index contributed by atoms with van der Waals surface area (Å²) in [5.41, 5.74) is 0.804. The molecular weight excluding hydrogens is 237 g/mol. The Labute approximate surface area is 97.0 Å². The van der Waals surface area contributed by atoms with E-state index in [-0.39, 0.29) is 12.0 Å². The lowest BCUT2D eigenvalue weighted by molar-refractivity contribution is -0.138. The number of nitrogens with one attached hydrogen (secondary N) is 1. The molecular formula is C10H9Cl2NO2. The van der Waals surface area contributed by atoms with Crippen molar-refractivity contribution in [2.75, 3.05) is 5.32 Å². The van der Waals surface area contributed by atoms with Crippen molar-refractivity contribution in [1.82, 2.24) is 0 Å². The fourth-order valence-electron chi connectivity index (χ4n) is 1.43. The van der Waals surface area contributed by atoms with E-state index in [0.29, 0.717) is 16.5 Å². The SMILES string of the molecule is O=C(O)C1CC1Nc1ccc(Cl)c(Cl)c1. The zero-order valence-corrected chi connectivity index (χ0v) is 9.22. The Bertz CT molecular complexity index is 408. The number of carboxylic acids is 1. The Morgan fingerprint density at radius 1 is 1.40 bits per heavy atom. The average molecular weight is 246 g/mol. The first-order valence-corrected chi connectivity index (χ1v) is 5.28. The summed E-state index contributed by atoms with van der Waals surface area (Å²) in [4.78, 5) is 10.6. The second-order valence-corrected chi connectivity index (χ2v) is 4.37. The van der Waals surface area contributed by atoms with Crippen LogP contribution >= 0.6 is 23.2 Å². The van der Waals surface area contributed by atoms with Gasteiger partial charge in [-0.2, -0.15) is 0 Å². The zero-order chi connectivity index (χ0) is 11.0. The zero-order valence-electron chi connectivity index (χ0n) is 7.71. The highest BCUT2D eigenvalue weighted by molar-refractivity contribution is 6.42. The summed E-state index contributed by atoms with van der Waals surface area (Å²) in [7, 11) is 0. The molecule has 1 aliphatic rings. The monoisotopic (exact) mass is 245 g/mol. The molecule has 5 heteroatoms. The fraction of sp³-hybridized carbons (Fsp3) is 0.300. The number of halogens is 2. The van der Waals surface area contributed by atoms with Crippen molar-refractivity contribution in [2.45, 2.75) is 12.5 Å². The van der Waals surface area contributed by atoms with Gasteiger partial charge in [0.25, 0.3) is 0 Å². The predicted octanol–water partition coefficient (Wildman–Crippen LogP) is 2.88. The molecule has 1 fully saturated rings. The van der Waals surface area contributed by atoms with E-state index in [4.69, 9.17) is 28.3 Å². The van der Waals surface area contributed by atoms with E-state index in [1.54, 1.807) is 18.2 Å². The number of hydrogen-bond donors (Lipinski definition) is 2. The van der Waals surface area contributed by atoms with Gasteiger partial charge >= 0.3 is 5.97 Å². The lowest BCUT2D eigenvalue weighted by Gasteiger charge is -2.05. The van der Waals surface area contributed by atoms with Gasteiger partial charge in [-0.25, -0.2) is 0 Å². The van der Waals surface area contributed by atoms with Gasteiger partial charge in [0.15, 0.2) is 0 Å². The van der Waals surface area contributed by atoms with E-state index in [0.717, 1.165) is 5.69 Å². The number of anilines is 1. The maximum absolute atomic E-state index is 10.6. The van der Waals surface area contributed by atoms with Crippen molar-refractivity contribution in [3.05, 3.63) is 28.2 Å². The predicted molar refractivity (Wildman–Crippen MR) is 59.6 cm³/mol. The summed E-state index contributed by atoms with van der Waals surface area (Å²) in [6, 6.07) is 5.18. The first-order chi connectivity index (χ1) is 7.08. The van der Waals surface area contributed by atoms with Gasteiger partial charge in [0, 0.05) is 11.7 Å². The lowest BCUT2D eigenvalue weighted by Crippen LogP contribution is -2.09. The standard InChI is InChI=1S/C10H9Cl2NO2/c11-7-2-1-5(3-8(7)12)13-9-4-6(9)10(14)15/h1-3,6,9,13H,4H2,(H,14,15). The molecule has 1 saturated carbocycles. The molecule has 0 aromatic heterocycles. The van der Waals surface area contributed by atoms with Crippen LogP contribution in [0, 0.1) is 5.92 Å². The number of rotatable bonds is 3. The molecule has 1 aromatic rings. The van der Waals surface area contributed by atoms with Gasteiger partial charge in [0.1, 0.15) is 0 Å². The molecule has 2 rings (SSSR count). The number of aliphatic carboxylic acids is 1. The first kappa shape index (κ1) is 10.6. The second kappa shape index (κ2) is 3.91. The van der Waals surface area contributed by atoms with E-state index in [2.05, 4.69) is 5.32 Å². The van der Waals surface area contributed by atoms with Crippen LogP contribution in [0.3, 0.4) is 0 Å². The topological polar surface area (TPSA) is 49.3 Å². The van der Waals surface area contributed by atoms with Crippen molar-refractivity contribution >= 4 is 34.9 Å². The molecule has 3 nitrogen and oxygen atoms in total. The Morgan fingerprint density at radius 2 is 2.13 bits per heavy atom. The third-order valence-electron chi connectivity index (χ3n) is 2.38. The third-order valence-corrected chi connectivity index (χ3v) is 3.12. The van der Waals surface area contributed by atoms with E-state index in [1.165, 1.54) is 0 Å². The maximum Gasteiger partial charge on any atom is 0.308 e. The lowest BCUT2D eigenvalue weighted by atomic mass is 10.3. The third kappa shape index (κ3) is 2.36.